The van der Waals surface area contributed by atoms with Gasteiger partial charge in [-0.2, -0.15) is 4.74 Å². The highest BCUT2D eigenvalue weighted by molar-refractivity contribution is 8.24. The Labute approximate surface area is 150 Å². The van der Waals surface area contributed by atoms with Gasteiger partial charge < -0.3 is 5.21 Å². The van der Waals surface area contributed by atoms with E-state index < -0.39 is 16.7 Å². The standard InChI is InChI=1S/C18H17FN2OS2/c1-18(2)16(20(22)12-13-8-6-7-11-15(13)19)21(17(23)24-18)14-9-4-3-5-10-14/h3-12,16H,1-2H3/b20-12-/t16-/m0/s1. The Hall–Kier alpha value is -1.92. The van der Waals surface area contributed by atoms with Crippen molar-refractivity contribution >= 4 is 40.2 Å². The van der Waals surface area contributed by atoms with Gasteiger partial charge >= 0.3 is 0 Å². The van der Waals surface area contributed by atoms with Gasteiger partial charge in [0.05, 0.1) is 5.56 Å². The lowest BCUT2D eigenvalue weighted by Gasteiger charge is -2.29. The van der Waals surface area contributed by atoms with Crippen molar-refractivity contribution in [1.29, 1.82) is 0 Å². The van der Waals surface area contributed by atoms with E-state index in [1.54, 1.807) is 18.2 Å². The van der Waals surface area contributed by atoms with Gasteiger partial charge in [-0.15, -0.1) is 0 Å². The zero-order valence-electron chi connectivity index (χ0n) is 13.3. The van der Waals surface area contributed by atoms with E-state index in [-0.39, 0.29) is 5.56 Å². The van der Waals surface area contributed by atoms with Crippen LogP contribution in [0.25, 0.3) is 0 Å². The Morgan fingerprint density at radius 3 is 2.46 bits per heavy atom. The predicted octanol–water partition coefficient (Wildman–Crippen LogP) is 4.40. The van der Waals surface area contributed by atoms with Crippen molar-refractivity contribution in [3.63, 3.8) is 0 Å². The number of para-hydroxylation sites is 1. The number of hydrogen-bond donors (Lipinski definition) is 0. The summed E-state index contributed by atoms with van der Waals surface area (Å²) in [5, 5.41) is 12.9. The second kappa shape index (κ2) is 6.53. The van der Waals surface area contributed by atoms with Crippen LogP contribution in [0.3, 0.4) is 0 Å². The van der Waals surface area contributed by atoms with Crippen molar-refractivity contribution in [3.8, 4) is 0 Å². The molecule has 1 heterocycles. The van der Waals surface area contributed by atoms with Gasteiger partial charge in [0.25, 0.3) is 6.17 Å². The Kier molecular flexibility index (Phi) is 4.60. The minimum absolute atomic E-state index is 0.263. The zero-order valence-corrected chi connectivity index (χ0v) is 15.0. The molecule has 0 radical (unpaired) electrons. The summed E-state index contributed by atoms with van der Waals surface area (Å²) < 4.78 is 14.9. The minimum Gasteiger partial charge on any atom is -0.622 e. The van der Waals surface area contributed by atoms with Crippen LogP contribution in [0.5, 0.6) is 0 Å². The number of benzene rings is 2. The van der Waals surface area contributed by atoms with Crippen LogP contribution in [0.1, 0.15) is 19.4 Å². The SMILES string of the molecule is CC1(C)SC(=S)N(c2ccccc2)[C@@H]1/[N+]([O-])=C/c1ccccc1F. The first kappa shape index (κ1) is 16.9. The van der Waals surface area contributed by atoms with Gasteiger partial charge in [-0.05, 0) is 38.1 Å². The maximum absolute atomic E-state index is 13.9. The molecule has 0 aromatic heterocycles. The van der Waals surface area contributed by atoms with Crippen molar-refractivity contribution in [2.75, 3.05) is 4.90 Å². The van der Waals surface area contributed by atoms with E-state index in [2.05, 4.69) is 0 Å². The fraction of sp³-hybridized carbons (Fsp3) is 0.222. The average Bonchev–Trinajstić information content (AvgIpc) is 2.79. The van der Waals surface area contributed by atoms with Crippen molar-refractivity contribution in [2.45, 2.75) is 24.8 Å². The second-order valence-electron chi connectivity index (χ2n) is 6.06. The van der Waals surface area contributed by atoms with Crippen LogP contribution in [0.15, 0.2) is 54.6 Å². The number of nitrogens with zero attached hydrogens (tertiary/aromatic N) is 2. The van der Waals surface area contributed by atoms with Crippen LogP contribution in [0.4, 0.5) is 10.1 Å². The summed E-state index contributed by atoms with van der Waals surface area (Å²) in [4.78, 5) is 1.84. The van der Waals surface area contributed by atoms with Crippen LogP contribution < -0.4 is 4.90 Å². The predicted molar refractivity (Wildman–Crippen MR) is 102 cm³/mol. The topological polar surface area (TPSA) is 29.3 Å². The number of halogens is 1. The molecule has 0 amide bonds. The number of hydroxylamine groups is 1. The molecular formula is C18H17FN2OS2. The molecule has 1 saturated heterocycles. The molecule has 24 heavy (non-hydrogen) atoms. The molecule has 0 saturated carbocycles. The van der Waals surface area contributed by atoms with E-state index in [0.717, 1.165) is 10.4 Å². The number of anilines is 1. The average molecular weight is 360 g/mol. The Morgan fingerprint density at radius 1 is 1.17 bits per heavy atom. The smallest absolute Gasteiger partial charge is 0.258 e. The molecule has 3 nitrogen and oxygen atoms in total. The number of rotatable bonds is 3. The molecule has 1 aliphatic heterocycles. The number of thioether (sulfide) groups is 1. The van der Waals surface area contributed by atoms with Gasteiger partial charge in [-0.25, -0.2) is 4.39 Å². The van der Waals surface area contributed by atoms with E-state index in [4.69, 9.17) is 12.2 Å². The summed E-state index contributed by atoms with van der Waals surface area (Å²) in [5.41, 5.74) is 1.12. The maximum atomic E-state index is 13.9. The first-order valence-electron chi connectivity index (χ1n) is 7.52. The van der Waals surface area contributed by atoms with Crippen molar-refractivity contribution in [3.05, 3.63) is 71.2 Å². The van der Waals surface area contributed by atoms with Crippen LogP contribution in [-0.4, -0.2) is 26.2 Å². The lowest BCUT2D eigenvalue weighted by atomic mass is 10.1. The van der Waals surface area contributed by atoms with E-state index >= 15 is 0 Å². The van der Waals surface area contributed by atoms with Crippen LogP contribution in [0.2, 0.25) is 0 Å². The fourth-order valence-electron chi connectivity index (χ4n) is 2.78. The highest BCUT2D eigenvalue weighted by Gasteiger charge is 2.51. The first-order valence-corrected chi connectivity index (χ1v) is 8.75. The molecular weight excluding hydrogens is 343 g/mol. The molecule has 0 aliphatic carbocycles. The minimum atomic E-state index is -0.558. The Bertz CT molecular complexity index is 793. The fourth-order valence-corrected chi connectivity index (χ4v) is 4.70. The van der Waals surface area contributed by atoms with Crippen LogP contribution in [0, 0.1) is 11.0 Å². The van der Waals surface area contributed by atoms with E-state index in [1.165, 1.54) is 24.0 Å². The molecule has 124 valence electrons. The zero-order chi connectivity index (χ0) is 17.3. The summed E-state index contributed by atoms with van der Waals surface area (Å²) in [7, 11) is 0. The normalized spacial score (nSPS) is 20.5. The quantitative estimate of drug-likeness (QED) is 0.267. The lowest BCUT2D eigenvalue weighted by Crippen LogP contribution is -2.48. The maximum Gasteiger partial charge on any atom is 0.258 e. The first-order chi connectivity index (χ1) is 11.4. The molecule has 1 fully saturated rings. The third-order valence-electron chi connectivity index (χ3n) is 3.86. The van der Waals surface area contributed by atoms with Gasteiger partial charge in [0.1, 0.15) is 14.9 Å². The monoisotopic (exact) mass is 360 g/mol. The third-order valence-corrected chi connectivity index (χ3v) is 5.42. The Morgan fingerprint density at radius 2 is 1.79 bits per heavy atom. The molecule has 2 aromatic rings. The molecule has 1 aliphatic rings. The second-order valence-corrected chi connectivity index (χ2v) is 8.35. The van der Waals surface area contributed by atoms with Crippen molar-refractivity contribution < 1.29 is 9.13 Å². The molecule has 0 spiro atoms. The van der Waals surface area contributed by atoms with Gasteiger partial charge in [0, 0.05) is 5.69 Å². The van der Waals surface area contributed by atoms with E-state index in [0.29, 0.717) is 4.32 Å². The molecule has 2 aromatic carbocycles. The van der Waals surface area contributed by atoms with Gasteiger partial charge in [0.15, 0.2) is 6.21 Å². The van der Waals surface area contributed by atoms with E-state index in [9.17, 15) is 9.60 Å². The lowest BCUT2D eigenvalue weighted by molar-refractivity contribution is -0.497. The number of hydrogen-bond acceptors (Lipinski definition) is 3. The molecule has 0 unspecified atom stereocenters. The Balaban J connectivity index is 2.05. The largest absolute Gasteiger partial charge is 0.622 e. The summed E-state index contributed by atoms with van der Waals surface area (Å²) in [6.07, 6.45) is 0.739. The van der Waals surface area contributed by atoms with Crippen molar-refractivity contribution in [1.82, 2.24) is 0 Å². The van der Waals surface area contributed by atoms with E-state index in [1.807, 2.05) is 49.1 Å². The molecule has 0 bridgehead atoms. The number of thiocarbonyl (C=S) groups is 1. The summed E-state index contributed by atoms with van der Waals surface area (Å²) in [5.74, 6) is -0.421. The molecule has 1 atom stereocenters. The van der Waals surface area contributed by atoms with Crippen molar-refractivity contribution in [2.24, 2.45) is 0 Å². The molecule has 3 rings (SSSR count). The van der Waals surface area contributed by atoms with Gasteiger partial charge in [0.2, 0.25) is 0 Å². The molecule has 0 N–H and O–H groups in total. The summed E-state index contributed by atoms with van der Waals surface area (Å²) in [6.45, 7) is 3.94. The summed E-state index contributed by atoms with van der Waals surface area (Å²) >= 11 is 6.97. The van der Waals surface area contributed by atoms with Crippen LogP contribution in [-0.2, 0) is 0 Å². The van der Waals surface area contributed by atoms with Crippen LogP contribution >= 0.6 is 24.0 Å². The third kappa shape index (κ3) is 3.16. The highest BCUT2D eigenvalue weighted by Crippen LogP contribution is 2.43. The summed E-state index contributed by atoms with van der Waals surface area (Å²) in [6, 6.07) is 15.8. The highest BCUT2D eigenvalue weighted by atomic mass is 32.2. The van der Waals surface area contributed by atoms with Gasteiger partial charge in [-0.3, -0.25) is 4.90 Å². The molecule has 6 heteroatoms. The van der Waals surface area contributed by atoms with Gasteiger partial charge in [-0.1, -0.05) is 54.3 Å².